The molecule has 94 valence electrons. The Morgan fingerprint density at radius 1 is 1.41 bits per heavy atom. The second-order valence-corrected chi connectivity index (χ2v) is 5.32. The van der Waals surface area contributed by atoms with Crippen molar-refractivity contribution in [2.24, 2.45) is 0 Å². The van der Waals surface area contributed by atoms with Crippen LogP contribution in [0.5, 0.6) is 0 Å². The third-order valence-corrected chi connectivity index (χ3v) is 3.69. The van der Waals surface area contributed by atoms with Gasteiger partial charge in [0.1, 0.15) is 5.82 Å². The van der Waals surface area contributed by atoms with E-state index < -0.39 is 34.0 Å². The third kappa shape index (κ3) is 3.24. The summed E-state index contributed by atoms with van der Waals surface area (Å²) in [5.41, 5.74) is -0.191. The van der Waals surface area contributed by atoms with E-state index in [0.717, 1.165) is 25.3 Å². The predicted octanol–water partition coefficient (Wildman–Crippen LogP) is 0.378. The number of benzene rings is 1. The lowest BCUT2D eigenvalue weighted by Gasteiger charge is -2.05. The quantitative estimate of drug-likeness (QED) is 0.793. The molecule has 0 saturated heterocycles. The molecule has 0 atom stereocenters. The summed E-state index contributed by atoms with van der Waals surface area (Å²) in [7, 11) is -2.69. The van der Waals surface area contributed by atoms with Crippen molar-refractivity contribution in [1.82, 2.24) is 0 Å². The number of rotatable bonds is 4. The molecule has 1 rings (SSSR count). The standard InChI is InChI=1S/C10H11FO5S/c1-16-10(13)7-4-8(11)6-9(5-7)17(14,15)3-2-12/h4-6,12H,2-3H2,1H3. The molecule has 0 amide bonds. The number of halogens is 1. The molecule has 0 unspecified atom stereocenters. The van der Waals surface area contributed by atoms with Gasteiger partial charge in [0, 0.05) is 0 Å². The number of hydrogen-bond acceptors (Lipinski definition) is 5. The zero-order chi connectivity index (χ0) is 13.1. The van der Waals surface area contributed by atoms with Crippen LogP contribution in [0.3, 0.4) is 0 Å². The molecule has 0 aliphatic rings. The van der Waals surface area contributed by atoms with E-state index in [1.165, 1.54) is 0 Å². The van der Waals surface area contributed by atoms with Crippen molar-refractivity contribution < 1.29 is 27.4 Å². The Kier molecular flexibility index (Phi) is 4.19. The Labute approximate surface area is 97.8 Å². The van der Waals surface area contributed by atoms with Gasteiger partial charge < -0.3 is 9.84 Å². The molecule has 0 fully saturated rings. The van der Waals surface area contributed by atoms with Crippen LogP contribution in [0.25, 0.3) is 0 Å². The first-order valence-corrected chi connectivity index (χ1v) is 6.28. The van der Waals surface area contributed by atoms with E-state index in [1.54, 1.807) is 0 Å². The highest BCUT2D eigenvalue weighted by Crippen LogP contribution is 2.16. The van der Waals surface area contributed by atoms with Gasteiger partial charge in [-0.3, -0.25) is 0 Å². The fraction of sp³-hybridized carbons (Fsp3) is 0.300. The first kappa shape index (κ1) is 13.6. The Bertz CT molecular complexity index is 523. The second kappa shape index (κ2) is 5.24. The zero-order valence-corrected chi connectivity index (χ0v) is 9.83. The lowest BCUT2D eigenvalue weighted by Crippen LogP contribution is -2.12. The van der Waals surface area contributed by atoms with Crippen LogP contribution >= 0.6 is 0 Å². The molecule has 0 aliphatic carbocycles. The van der Waals surface area contributed by atoms with E-state index >= 15 is 0 Å². The number of methoxy groups -OCH3 is 1. The summed E-state index contributed by atoms with van der Waals surface area (Å²) in [6.45, 7) is -0.577. The van der Waals surface area contributed by atoms with E-state index in [2.05, 4.69) is 4.74 Å². The van der Waals surface area contributed by atoms with Crippen molar-refractivity contribution in [3.8, 4) is 0 Å². The number of aliphatic hydroxyl groups excluding tert-OH is 1. The topological polar surface area (TPSA) is 80.7 Å². The number of ether oxygens (including phenoxy) is 1. The molecule has 0 saturated carbocycles. The van der Waals surface area contributed by atoms with Crippen LogP contribution in [0, 0.1) is 5.82 Å². The van der Waals surface area contributed by atoms with Crippen molar-refractivity contribution in [3.05, 3.63) is 29.6 Å². The number of carbonyl (C=O) groups excluding carboxylic acids is 1. The molecule has 0 aromatic heterocycles. The van der Waals surface area contributed by atoms with Gasteiger partial charge in [0.05, 0.1) is 29.9 Å². The summed E-state index contributed by atoms with van der Waals surface area (Å²) < 4.78 is 40.7. The smallest absolute Gasteiger partial charge is 0.337 e. The number of hydrogen-bond donors (Lipinski definition) is 1. The van der Waals surface area contributed by atoms with Crippen LogP contribution in [0.2, 0.25) is 0 Å². The van der Waals surface area contributed by atoms with Crippen LogP contribution in [0.1, 0.15) is 10.4 Å². The predicted molar refractivity (Wildman–Crippen MR) is 56.9 cm³/mol. The normalized spacial score (nSPS) is 11.2. The molecule has 1 N–H and O–H groups in total. The maximum atomic E-state index is 13.2. The van der Waals surface area contributed by atoms with Crippen LogP contribution in [-0.2, 0) is 14.6 Å². The van der Waals surface area contributed by atoms with Crippen molar-refractivity contribution in [2.45, 2.75) is 4.90 Å². The minimum absolute atomic E-state index is 0.191. The molecule has 1 aromatic rings. The van der Waals surface area contributed by atoms with Gasteiger partial charge in [0.2, 0.25) is 0 Å². The van der Waals surface area contributed by atoms with Gasteiger partial charge in [-0.05, 0) is 18.2 Å². The maximum absolute atomic E-state index is 13.2. The van der Waals surface area contributed by atoms with Crippen molar-refractivity contribution in [2.75, 3.05) is 19.5 Å². The average Bonchev–Trinajstić information content (AvgIpc) is 2.27. The number of aliphatic hydroxyl groups is 1. The Morgan fingerprint density at radius 2 is 2.06 bits per heavy atom. The molecule has 0 heterocycles. The Balaban J connectivity index is 3.27. The van der Waals surface area contributed by atoms with Gasteiger partial charge >= 0.3 is 5.97 Å². The van der Waals surface area contributed by atoms with Crippen molar-refractivity contribution in [3.63, 3.8) is 0 Å². The molecule has 7 heteroatoms. The summed E-state index contributed by atoms with van der Waals surface area (Å²) in [6.07, 6.45) is 0. The number of sulfone groups is 1. The lowest BCUT2D eigenvalue weighted by molar-refractivity contribution is 0.0600. The summed E-state index contributed by atoms with van der Waals surface area (Å²) in [5, 5.41) is 8.59. The SMILES string of the molecule is COC(=O)c1cc(F)cc(S(=O)(=O)CCO)c1. The molecule has 1 aromatic carbocycles. The Morgan fingerprint density at radius 3 is 2.59 bits per heavy atom. The van der Waals surface area contributed by atoms with Gasteiger partial charge in [-0.2, -0.15) is 0 Å². The molecule has 17 heavy (non-hydrogen) atoms. The van der Waals surface area contributed by atoms with E-state index in [9.17, 15) is 17.6 Å². The average molecular weight is 262 g/mol. The minimum atomic E-state index is -3.79. The van der Waals surface area contributed by atoms with Gasteiger partial charge in [-0.1, -0.05) is 0 Å². The molecular weight excluding hydrogens is 251 g/mol. The van der Waals surface area contributed by atoms with E-state index in [-0.39, 0.29) is 10.5 Å². The summed E-state index contributed by atoms with van der Waals surface area (Å²) in [6, 6.07) is 2.68. The fourth-order valence-electron chi connectivity index (χ4n) is 1.22. The summed E-state index contributed by atoms with van der Waals surface area (Å²) in [4.78, 5) is 10.8. The first-order valence-electron chi connectivity index (χ1n) is 4.63. The largest absolute Gasteiger partial charge is 0.465 e. The summed E-state index contributed by atoms with van der Waals surface area (Å²) in [5.74, 6) is -2.22. The molecular formula is C10H11FO5S. The van der Waals surface area contributed by atoms with Gasteiger partial charge in [0.25, 0.3) is 0 Å². The molecule has 0 aliphatic heterocycles. The highest BCUT2D eigenvalue weighted by atomic mass is 32.2. The zero-order valence-electron chi connectivity index (χ0n) is 9.01. The van der Waals surface area contributed by atoms with Crippen molar-refractivity contribution >= 4 is 15.8 Å². The molecule has 0 bridgehead atoms. The van der Waals surface area contributed by atoms with Gasteiger partial charge in [-0.15, -0.1) is 0 Å². The molecule has 0 radical (unpaired) electrons. The fourth-order valence-corrected chi connectivity index (χ4v) is 2.29. The van der Waals surface area contributed by atoms with Crippen LogP contribution in [0.15, 0.2) is 23.1 Å². The number of carbonyl (C=O) groups is 1. The maximum Gasteiger partial charge on any atom is 0.337 e. The van der Waals surface area contributed by atoms with Gasteiger partial charge in [0.15, 0.2) is 9.84 Å². The first-order chi connectivity index (χ1) is 7.90. The van der Waals surface area contributed by atoms with E-state index in [4.69, 9.17) is 5.11 Å². The highest BCUT2D eigenvalue weighted by molar-refractivity contribution is 7.91. The minimum Gasteiger partial charge on any atom is -0.465 e. The molecule has 0 spiro atoms. The van der Waals surface area contributed by atoms with E-state index in [0.29, 0.717) is 0 Å². The lowest BCUT2D eigenvalue weighted by atomic mass is 10.2. The van der Waals surface area contributed by atoms with Gasteiger partial charge in [-0.25, -0.2) is 17.6 Å². The van der Waals surface area contributed by atoms with Crippen molar-refractivity contribution in [1.29, 1.82) is 0 Å². The van der Waals surface area contributed by atoms with Crippen LogP contribution in [-0.4, -0.2) is 39.0 Å². The second-order valence-electron chi connectivity index (χ2n) is 3.21. The molecule has 5 nitrogen and oxygen atoms in total. The van der Waals surface area contributed by atoms with E-state index in [1.807, 2.05) is 0 Å². The Hall–Kier alpha value is -1.47. The highest BCUT2D eigenvalue weighted by Gasteiger charge is 2.18. The number of esters is 1. The monoisotopic (exact) mass is 262 g/mol. The third-order valence-electron chi connectivity index (χ3n) is 2.01. The van der Waals surface area contributed by atoms with Crippen LogP contribution in [0.4, 0.5) is 4.39 Å². The van der Waals surface area contributed by atoms with Crippen LogP contribution < -0.4 is 0 Å². The summed E-state index contributed by atoms with van der Waals surface area (Å²) >= 11 is 0.